The molecule has 1 aromatic heterocycles. The molecular weight excluding hydrogens is 346 g/mol. The molecule has 3 nitrogen and oxygen atoms in total. The first-order valence-electron chi connectivity index (χ1n) is 8.58. The zero-order valence-corrected chi connectivity index (χ0v) is 14.9. The summed E-state index contributed by atoms with van der Waals surface area (Å²) in [6, 6.07) is 17.3. The molecule has 0 atom stereocenters. The topological polar surface area (TPSA) is 33.5 Å². The van der Waals surface area contributed by atoms with Gasteiger partial charge in [0.2, 0.25) is 0 Å². The lowest BCUT2D eigenvalue weighted by molar-refractivity contribution is 0.0730. The summed E-state index contributed by atoms with van der Waals surface area (Å²) in [6.07, 6.45) is 6.43. The summed E-state index contributed by atoms with van der Waals surface area (Å²) in [4.78, 5) is 14.6. The normalized spacial score (nSPS) is 13.8. The predicted octanol–water partition coefficient (Wildman–Crippen LogP) is 5.30. The molecule has 4 rings (SSSR count). The van der Waals surface area contributed by atoms with Crippen LogP contribution in [0.15, 0.2) is 65.3 Å². The van der Waals surface area contributed by atoms with Crippen LogP contribution in [0.2, 0.25) is 5.02 Å². The molecule has 1 amide bonds. The highest BCUT2D eigenvalue weighted by molar-refractivity contribution is 6.32. The number of hydrogen-bond acceptors (Lipinski definition) is 2. The minimum Gasteiger partial charge on any atom is -0.469 e. The van der Waals surface area contributed by atoms with Gasteiger partial charge in [-0.1, -0.05) is 54.1 Å². The van der Waals surface area contributed by atoms with Gasteiger partial charge in [-0.2, -0.15) is 0 Å². The molecule has 0 unspecified atom stereocenters. The number of nitrogens with zero attached hydrogens (tertiary/aromatic N) is 1. The van der Waals surface area contributed by atoms with Crippen LogP contribution >= 0.6 is 11.6 Å². The summed E-state index contributed by atoms with van der Waals surface area (Å²) in [5.74, 6) is 1.05. The van der Waals surface area contributed by atoms with Crippen LogP contribution in [-0.2, 0) is 13.0 Å². The van der Waals surface area contributed by atoms with Crippen molar-refractivity contribution in [3.05, 3.63) is 93.9 Å². The molecule has 0 fully saturated rings. The number of rotatable bonds is 3. The van der Waals surface area contributed by atoms with E-state index < -0.39 is 0 Å². The number of fused-ring (bicyclic) bond motifs is 1. The number of carbonyl (C=O) groups is 1. The van der Waals surface area contributed by atoms with Crippen molar-refractivity contribution in [3.8, 4) is 0 Å². The Labute approximate surface area is 157 Å². The highest BCUT2D eigenvalue weighted by atomic mass is 35.5. The Morgan fingerprint density at radius 3 is 2.65 bits per heavy atom. The molecule has 26 heavy (non-hydrogen) atoms. The van der Waals surface area contributed by atoms with Crippen molar-refractivity contribution >= 4 is 29.7 Å². The predicted molar refractivity (Wildman–Crippen MR) is 104 cm³/mol. The number of furan rings is 1. The first-order chi connectivity index (χ1) is 12.7. The minimum atomic E-state index is 0.0542. The fraction of sp³-hybridized carbons (Fsp3) is 0.136. The fourth-order valence-corrected chi connectivity index (χ4v) is 3.34. The molecule has 1 aliphatic rings. The SMILES string of the molecule is O=C(c1ccc(C=Cc2ccccc2Cl)cc1)N1CCc2occc2C1. The Bertz CT molecular complexity index is 956. The molecule has 0 saturated carbocycles. The Morgan fingerprint density at radius 1 is 1.04 bits per heavy atom. The maximum absolute atomic E-state index is 12.7. The molecule has 0 saturated heterocycles. The maximum atomic E-state index is 12.7. The number of benzene rings is 2. The lowest BCUT2D eigenvalue weighted by Gasteiger charge is -2.26. The molecule has 1 aliphatic heterocycles. The van der Waals surface area contributed by atoms with Crippen molar-refractivity contribution in [2.75, 3.05) is 6.54 Å². The monoisotopic (exact) mass is 363 g/mol. The Kier molecular flexibility index (Phi) is 4.63. The van der Waals surface area contributed by atoms with Gasteiger partial charge in [0.1, 0.15) is 5.76 Å². The summed E-state index contributed by atoms with van der Waals surface area (Å²) < 4.78 is 5.42. The van der Waals surface area contributed by atoms with Crippen LogP contribution in [0.5, 0.6) is 0 Å². The van der Waals surface area contributed by atoms with Gasteiger partial charge in [-0.05, 0) is 35.4 Å². The fourth-order valence-electron chi connectivity index (χ4n) is 3.14. The van der Waals surface area contributed by atoms with Gasteiger partial charge in [-0.15, -0.1) is 0 Å². The molecule has 0 aliphatic carbocycles. The van der Waals surface area contributed by atoms with E-state index in [1.54, 1.807) is 6.26 Å². The second-order valence-corrected chi connectivity index (χ2v) is 6.73. The van der Waals surface area contributed by atoms with E-state index in [4.69, 9.17) is 16.0 Å². The number of hydrogen-bond donors (Lipinski definition) is 0. The highest BCUT2D eigenvalue weighted by Gasteiger charge is 2.23. The Balaban J connectivity index is 1.46. The number of halogens is 1. The zero-order chi connectivity index (χ0) is 17.9. The van der Waals surface area contributed by atoms with Crippen molar-refractivity contribution in [2.24, 2.45) is 0 Å². The van der Waals surface area contributed by atoms with E-state index in [-0.39, 0.29) is 5.91 Å². The molecule has 130 valence electrons. The Hall–Kier alpha value is -2.78. The average molecular weight is 364 g/mol. The van der Waals surface area contributed by atoms with Crippen molar-refractivity contribution in [1.82, 2.24) is 4.90 Å². The van der Waals surface area contributed by atoms with E-state index in [0.29, 0.717) is 18.7 Å². The standard InChI is InChI=1S/C22H18ClNO2/c23-20-4-2-1-3-17(20)8-5-16-6-9-18(10-7-16)22(25)24-13-11-21-19(15-24)12-14-26-21/h1-10,12,14H,11,13,15H2. The van der Waals surface area contributed by atoms with Crippen molar-refractivity contribution in [1.29, 1.82) is 0 Å². The van der Waals surface area contributed by atoms with Crippen LogP contribution in [0.25, 0.3) is 12.2 Å². The van der Waals surface area contributed by atoms with E-state index in [0.717, 1.165) is 33.9 Å². The summed E-state index contributed by atoms with van der Waals surface area (Å²) in [6.45, 7) is 1.30. The van der Waals surface area contributed by atoms with Gasteiger partial charge in [-0.25, -0.2) is 0 Å². The van der Waals surface area contributed by atoms with Crippen LogP contribution in [0, 0.1) is 0 Å². The quantitative estimate of drug-likeness (QED) is 0.591. The van der Waals surface area contributed by atoms with Crippen molar-refractivity contribution in [2.45, 2.75) is 13.0 Å². The molecule has 0 radical (unpaired) electrons. The van der Waals surface area contributed by atoms with E-state index >= 15 is 0 Å². The smallest absolute Gasteiger partial charge is 0.254 e. The zero-order valence-electron chi connectivity index (χ0n) is 14.2. The molecule has 2 aromatic carbocycles. The van der Waals surface area contributed by atoms with Crippen LogP contribution in [0.3, 0.4) is 0 Å². The van der Waals surface area contributed by atoms with E-state index in [1.807, 2.05) is 71.6 Å². The van der Waals surface area contributed by atoms with E-state index in [9.17, 15) is 4.79 Å². The van der Waals surface area contributed by atoms with Gasteiger partial charge < -0.3 is 9.32 Å². The largest absolute Gasteiger partial charge is 0.469 e. The van der Waals surface area contributed by atoms with Crippen molar-refractivity contribution in [3.63, 3.8) is 0 Å². The van der Waals surface area contributed by atoms with Crippen LogP contribution in [0.1, 0.15) is 32.8 Å². The third-order valence-corrected chi connectivity index (χ3v) is 4.96. The molecule has 2 heterocycles. The lowest BCUT2D eigenvalue weighted by Crippen LogP contribution is -2.35. The van der Waals surface area contributed by atoms with Crippen LogP contribution in [0.4, 0.5) is 0 Å². The second kappa shape index (κ2) is 7.22. The summed E-state index contributed by atoms with van der Waals surface area (Å²) >= 11 is 6.16. The van der Waals surface area contributed by atoms with Gasteiger partial charge in [-0.3, -0.25) is 4.79 Å². The molecular formula is C22H18ClNO2. The van der Waals surface area contributed by atoms with Crippen LogP contribution in [-0.4, -0.2) is 17.4 Å². The van der Waals surface area contributed by atoms with Crippen LogP contribution < -0.4 is 0 Å². The Morgan fingerprint density at radius 2 is 1.85 bits per heavy atom. The van der Waals surface area contributed by atoms with Crippen molar-refractivity contribution < 1.29 is 9.21 Å². The first-order valence-corrected chi connectivity index (χ1v) is 8.96. The summed E-state index contributed by atoms with van der Waals surface area (Å²) in [5.41, 5.74) is 3.80. The van der Waals surface area contributed by atoms with E-state index in [1.165, 1.54) is 0 Å². The molecule has 0 bridgehead atoms. The highest BCUT2D eigenvalue weighted by Crippen LogP contribution is 2.22. The third-order valence-electron chi connectivity index (χ3n) is 4.61. The summed E-state index contributed by atoms with van der Waals surface area (Å²) in [7, 11) is 0. The minimum absolute atomic E-state index is 0.0542. The lowest BCUT2D eigenvalue weighted by atomic mass is 10.1. The maximum Gasteiger partial charge on any atom is 0.254 e. The van der Waals surface area contributed by atoms with Gasteiger partial charge in [0.15, 0.2) is 0 Å². The summed E-state index contributed by atoms with van der Waals surface area (Å²) in [5, 5.41) is 0.722. The third kappa shape index (κ3) is 3.44. The molecule has 0 spiro atoms. The van der Waals surface area contributed by atoms with E-state index in [2.05, 4.69) is 0 Å². The molecule has 0 N–H and O–H groups in total. The average Bonchev–Trinajstić information content (AvgIpc) is 3.15. The number of amides is 1. The van der Waals surface area contributed by atoms with Gasteiger partial charge in [0, 0.05) is 35.7 Å². The molecule has 4 heteroatoms. The second-order valence-electron chi connectivity index (χ2n) is 6.32. The molecule has 3 aromatic rings. The van der Waals surface area contributed by atoms with Gasteiger partial charge in [0.05, 0.1) is 6.26 Å². The first kappa shape index (κ1) is 16.7. The number of carbonyl (C=O) groups excluding carboxylic acids is 1. The van der Waals surface area contributed by atoms with Gasteiger partial charge in [0.25, 0.3) is 5.91 Å². The van der Waals surface area contributed by atoms with Gasteiger partial charge >= 0.3 is 0 Å².